The first-order valence-electron chi connectivity index (χ1n) is 9.20. The Kier molecular flexibility index (Phi) is 10.5. The first-order valence-corrected chi connectivity index (χ1v) is 11.6. The van der Waals surface area contributed by atoms with Gasteiger partial charge in [-0.3, -0.25) is 25.8 Å². The van der Waals surface area contributed by atoms with Crippen LogP contribution >= 0.6 is 55.7 Å². The predicted molar refractivity (Wildman–Crippen MR) is 131 cm³/mol. The van der Waals surface area contributed by atoms with E-state index in [1.807, 2.05) is 0 Å². The highest BCUT2D eigenvalue weighted by atomic mass is 79.9. The van der Waals surface area contributed by atoms with Gasteiger partial charge in [0.25, 0.3) is 11.8 Å². The van der Waals surface area contributed by atoms with Gasteiger partial charge >= 0.3 is 0 Å². The van der Waals surface area contributed by atoms with Crippen molar-refractivity contribution in [3.05, 3.63) is 55.9 Å². The molecule has 0 aliphatic rings. The molecule has 0 saturated carbocycles. The first kappa shape index (κ1) is 25.4. The topological polar surface area (TPSA) is 88.7 Å². The lowest BCUT2D eigenvalue weighted by molar-refractivity contribution is -0.123. The third-order valence-corrected chi connectivity index (χ3v) is 5.29. The Balaban J connectivity index is 1.84. The van der Waals surface area contributed by atoms with Crippen molar-refractivity contribution >= 4 is 72.6 Å². The smallest absolute Gasteiger partial charge is 0.276 e. The van der Waals surface area contributed by atoms with Crippen LogP contribution < -0.4 is 25.6 Å². The van der Waals surface area contributed by atoms with Crippen molar-refractivity contribution in [3.8, 4) is 11.5 Å². The molecular weight excluding hydrogens is 574 g/mol. The molecule has 7 nitrogen and oxygen atoms in total. The molecule has 2 rings (SSSR count). The molecule has 3 N–H and O–H groups in total. The standard InChI is InChI=1S/C20H20Br2ClN3O4S/c1-2-3-8-29-16-6-4-12(21)9-14(16)19(28)24-20(31)26-25-18(27)11-30-17-7-5-13(23)10-15(17)22/h4-7,9-10H,2-3,8,11H2,1H3,(H,25,27)(H2,24,26,28,31). The highest BCUT2D eigenvalue weighted by Crippen LogP contribution is 2.27. The summed E-state index contributed by atoms with van der Waals surface area (Å²) in [6.07, 6.45) is 1.85. The van der Waals surface area contributed by atoms with E-state index in [2.05, 4.69) is 55.0 Å². The van der Waals surface area contributed by atoms with E-state index in [1.165, 1.54) is 0 Å². The third-order valence-electron chi connectivity index (χ3n) is 3.74. The van der Waals surface area contributed by atoms with E-state index in [0.29, 0.717) is 33.2 Å². The number of thiocarbonyl (C=S) groups is 1. The molecule has 0 saturated heterocycles. The van der Waals surface area contributed by atoms with Crippen molar-refractivity contribution in [2.75, 3.05) is 13.2 Å². The Hall–Kier alpha value is -1.88. The highest BCUT2D eigenvalue weighted by Gasteiger charge is 2.15. The molecule has 0 atom stereocenters. The van der Waals surface area contributed by atoms with Crippen molar-refractivity contribution in [2.24, 2.45) is 0 Å². The predicted octanol–water partition coefficient (Wildman–Crippen LogP) is 4.76. The Morgan fingerprint density at radius 2 is 1.81 bits per heavy atom. The van der Waals surface area contributed by atoms with Crippen molar-refractivity contribution in [1.29, 1.82) is 0 Å². The summed E-state index contributed by atoms with van der Waals surface area (Å²) in [5.74, 6) is -0.0611. The summed E-state index contributed by atoms with van der Waals surface area (Å²) < 4.78 is 12.4. The van der Waals surface area contributed by atoms with E-state index in [9.17, 15) is 9.59 Å². The first-order chi connectivity index (χ1) is 14.8. The van der Waals surface area contributed by atoms with Gasteiger partial charge in [0.1, 0.15) is 11.5 Å². The van der Waals surface area contributed by atoms with Gasteiger partial charge in [0.05, 0.1) is 16.6 Å². The molecule has 2 amide bonds. The van der Waals surface area contributed by atoms with Crippen molar-refractivity contribution in [1.82, 2.24) is 16.2 Å². The van der Waals surface area contributed by atoms with Crippen molar-refractivity contribution in [3.63, 3.8) is 0 Å². The highest BCUT2D eigenvalue weighted by molar-refractivity contribution is 9.10. The zero-order valence-electron chi connectivity index (χ0n) is 16.5. The minimum absolute atomic E-state index is 0.0782. The number of amides is 2. The Morgan fingerprint density at radius 3 is 2.52 bits per heavy atom. The summed E-state index contributed by atoms with van der Waals surface area (Å²) in [5, 5.41) is 2.96. The molecule has 0 radical (unpaired) electrons. The number of carbonyl (C=O) groups is 2. The second kappa shape index (κ2) is 12.8. The monoisotopic (exact) mass is 591 g/mol. The molecule has 11 heteroatoms. The SMILES string of the molecule is CCCCOc1ccc(Br)cc1C(=O)NC(=S)NNC(=O)COc1ccc(Cl)cc1Br. The number of rotatable bonds is 8. The van der Waals surface area contributed by atoms with Crippen LogP contribution in [-0.2, 0) is 4.79 Å². The molecule has 0 bridgehead atoms. The van der Waals surface area contributed by atoms with Gasteiger partial charge in [-0.05, 0) is 71.0 Å². The maximum Gasteiger partial charge on any atom is 0.276 e. The van der Waals surface area contributed by atoms with Crippen LogP contribution in [0.5, 0.6) is 11.5 Å². The number of hydrogen-bond acceptors (Lipinski definition) is 5. The Labute approximate surface area is 207 Å². The second-order valence-electron chi connectivity index (χ2n) is 6.16. The quantitative estimate of drug-likeness (QED) is 0.233. The minimum Gasteiger partial charge on any atom is -0.493 e. The summed E-state index contributed by atoms with van der Waals surface area (Å²) in [5.41, 5.74) is 5.14. The zero-order valence-corrected chi connectivity index (χ0v) is 21.2. The number of ether oxygens (including phenoxy) is 2. The van der Waals surface area contributed by atoms with Gasteiger partial charge in [-0.25, -0.2) is 0 Å². The van der Waals surface area contributed by atoms with Gasteiger partial charge in [0.15, 0.2) is 11.7 Å². The molecule has 0 heterocycles. The Morgan fingerprint density at radius 1 is 1.06 bits per heavy atom. The molecule has 2 aromatic carbocycles. The number of benzene rings is 2. The van der Waals surface area contributed by atoms with Crippen LogP contribution in [0.4, 0.5) is 0 Å². The summed E-state index contributed by atoms with van der Waals surface area (Å²) in [6.45, 7) is 2.28. The average Bonchev–Trinajstić information content (AvgIpc) is 2.72. The molecule has 0 spiro atoms. The van der Waals surface area contributed by atoms with Gasteiger partial charge < -0.3 is 9.47 Å². The molecule has 31 heavy (non-hydrogen) atoms. The second-order valence-corrected chi connectivity index (χ2v) is 8.78. The van der Waals surface area contributed by atoms with Crippen LogP contribution in [0.15, 0.2) is 45.3 Å². The number of nitrogens with one attached hydrogen (secondary N) is 3. The van der Waals surface area contributed by atoms with Crippen LogP contribution in [0.3, 0.4) is 0 Å². The minimum atomic E-state index is -0.496. The molecule has 0 unspecified atom stereocenters. The van der Waals surface area contributed by atoms with E-state index in [1.54, 1.807) is 36.4 Å². The molecular formula is C20H20Br2ClN3O4S. The van der Waals surface area contributed by atoms with Crippen molar-refractivity contribution < 1.29 is 19.1 Å². The summed E-state index contributed by atoms with van der Waals surface area (Å²) in [4.78, 5) is 24.6. The van der Waals surface area contributed by atoms with Gasteiger partial charge in [0, 0.05) is 9.50 Å². The van der Waals surface area contributed by atoms with Crippen LogP contribution in [0.2, 0.25) is 5.02 Å². The van der Waals surface area contributed by atoms with E-state index in [0.717, 1.165) is 17.3 Å². The fraction of sp³-hybridized carbons (Fsp3) is 0.250. The number of carbonyl (C=O) groups excluding carboxylic acids is 2. The summed E-state index contributed by atoms with van der Waals surface area (Å²) in [7, 11) is 0. The summed E-state index contributed by atoms with van der Waals surface area (Å²) >= 11 is 17.6. The van der Waals surface area contributed by atoms with Crippen LogP contribution in [-0.4, -0.2) is 30.1 Å². The van der Waals surface area contributed by atoms with Crippen LogP contribution in [0.25, 0.3) is 0 Å². The lowest BCUT2D eigenvalue weighted by atomic mass is 10.2. The Bertz CT molecular complexity index is 962. The zero-order chi connectivity index (χ0) is 22.8. The fourth-order valence-electron chi connectivity index (χ4n) is 2.23. The van der Waals surface area contributed by atoms with Gasteiger partial charge in [-0.15, -0.1) is 0 Å². The molecule has 0 fully saturated rings. The van der Waals surface area contributed by atoms with Gasteiger partial charge in [-0.2, -0.15) is 0 Å². The summed E-state index contributed by atoms with van der Waals surface area (Å²) in [6, 6.07) is 10.1. The van der Waals surface area contributed by atoms with Crippen molar-refractivity contribution in [2.45, 2.75) is 19.8 Å². The lowest BCUT2D eigenvalue weighted by Crippen LogP contribution is -2.49. The van der Waals surface area contributed by atoms with Gasteiger partial charge in [0.2, 0.25) is 0 Å². The number of halogens is 3. The molecule has 0 aliphatic heterocycles. The fourth-order valence-corrected chi connectivity index (χ4v) is 3.53. The normalized spacial score (nSPS) is 10.2. The van der Waals surface area contributed by atoms with Crippen LogP contribution in [0, 0.1) is 0 Å². The van der Waals surface area contributed by atoms with Crippen LogP contribution in [0.1, 0.15) is 30.1 Å². The van der Waals surface area contributed by atoms with E-state index < -0.39 is 11.8 Å². The largest absolute Gasteiger partial charge is 0.493 e. The maximum absolute atomic E-state index is 12.6. The van der Waals surface area contributed by atoms with Gasteiger partial charge in [-0.1, -0.05) is 40.9 Å². The number of hydrogen-bond donors (Lipinski definition) is 3. The lowest BCUT2D eigenvalue weighted by Gasteiger charge is -2.14. The number of unbranched alkanes of at least 4 members (excludes halogenated alkanes) is 1. The maximum atomic E-state index is 12.6. The van der Waals surface area contributed by atoms with E-state index in [-0.39, 0.29) is 11.7 Å². The van der Waals surface area contributed by atoms with E-state index >= 15 is 0 Å². The molecule has 166 valence electrons. The molecule has 0 aliphatic carbocycles. The third kappa shape index (κ3) is 8.64. The molecule has 0 aromatic heterocycles. The average molecular weight is 594 g/mol. The molecule has 2 aromatic rings. The number of hydrazine groups is 1. The van der Waals surface area contributed by atoms with E-state index in [4.69, 9.17) is 33.3 Å².